The number of hydrogen-bond acceptors (Lipinski definition) is 1. The molecule has 0 radical (unpaired) electrons. The summed E-state index contributed by atoms with van der Waals surface area (Å²) in [4.78, 5) is 0. The third-order valence-corrected chi connectivity index (χ3v) is 4.54. The highest BCUT2D eigenvalue weighted by molar-refractivity contribution is 5.24. The Kier molecular flexibility index (Phi) is 4.35. The van der Waals surface area contributed by atoms with E-state index in [-0.39, 0.29) is 5.82 Å². The van der Waals surface area contributed by atoms with Gasteiger partial charge in [0.05, 0.1) is 0 Å². The van der Waals surface area contributed by atoms with Crippen molar-refractivity contribution in [1.82, 2.24) is 5.32 Å². The van der Waals surface area contributed by atoms with E-state index in [0.717, 1.165) is 24.9 Å². The Hall–Kier alpha value is -1.67. The van der Waals surface area contributed by atoms with Gasteiger partial charge in [0.15, 0.2) is 0 Å². The quantitative estimate of drug-likeness (QED) is 0.854. The molecule has 110 valence electrons. The van der Waals surface area contributed by atoms with Crippen molar-refractivity contribution in [3.8, 4) is 0 Å². The van der Waals surface area contributed by atoms with Crippen molar-refractivity contribution in [2.45, 2.75) is 37.6 Å². The van der Waals surface area contributed by atoms with Crippen LogP contribution in [0.5, 0.6) is 0 Å². The summed E-state index contributed by atoms with van der Waals surface area (Å²) >= 11 is 0. The molecular formula is C19H22FN. The molecule has 0 saturated heterocycles. The van der Waals surface area contributed by atoms with E-state index < -0.39 is 0 Å². The minimum absolute atomic E-state index is 0.124. The van der Waals surface area contributed by atoms with E-state index in [4.69, 9.17) is 0 Å². The predicted octanol–water partition coefficient (Wildman–Crippen LogP) is 4.47. The molecule has 1 unspecified atom stereocenters. The molecule has 1 aliphatic rings. The fraction of sp³-hybridized carbons (Fsp3) is 0.368. The molecule has 2 heteroatoms. The molecule has 21 heavy (non-hydrogen) atoms. The van der Waals surface area contributed by atoms with Gasteiger partial charge in [-0.2, -0.15) is 0 Å². The maximum Gasteiger partial charge on any atom is 0.123 e. The van der Waals surface area contributed by atoms with Crippen LogP contribution in [0, 0.1) is 5.82 Å². The lowest BCUT2D eigenvalue weighted by atomic mass is 9.75. The standard InChI is InChI=1S/C19H22FN/c1-14(15-6-3-2-4-7-15)13-21-19-11-17(12-19)16-8-5-9-18(20)10-16/h2-10,14,17,19,21H,11-13H2,1H3. The lowest BCUT2D eigenvalue weighted by Gasteiger charge is -2.37. The summed E-state index contributed by atoms with van der Waals surface area (Å²) in [6, 6.07) is 18.2. The Balaban J connectivity index is 1.45. The van der Waals surface area contributed by atoms with Crippen LogP contribution < -0.4 is 5.32 Å². The minimum atomic E-state index is -0.124. The van der Waals surface area contributed by atoms with Gasteiger partial charge in [0, 0.05) is 12.6 Å². The van der Waals surface area contributed by atoms with Crippen molar-refractivity contribution in [2.24, 2.45) is 0 Å². The molecule has 1 aliphatic carbocycles. The lowest BCUT2D eigenvalue weighted by molar-refractivity contribution is 0.287. The van der Waals surface area contributed by atoms with Crippen molar-refractivity contribution in [1.29, 1.82) is 0 Å². The first kappa shape index (κ1) is 14.3. The SMILES string of the molecule is CC(CNC1CC(c2cccc(F)c2)C1)c1ccccc1. The van der Waals surface area contributed by atoms with Gasteiger partial charge in [0.2, 0.25) is 0 Å². The monoisotopic (exact) mass is 283 g/mol. The van der Waals surface area contributed by atoms with Crippen LogP contribution in [0.1, 0.15) is 42.7 Å². The van der Waals surface area contributed by atoms with Crippen LogP contribution in [0.4, 0.5) is 4.39 Å². The summed E-state index contributed by atoms with van der Waals surface area (Å²) in [5.74, 6) is 0.922. The first-order valence-corrected chi connectivity index (χ1v) is 7.76. The zero-order valence-corrected chi connectivity index (χ0v) is 12.4. The molecule has 0 aromatic heterocycles. The zero-order valence-electron chi connectivity index (χ0n) is 12.4. The average molecular weight is 283 g/mol. The highest BCUT2D eigenvalue weighted by Gasteiger charge is 2.30. The second-order valence-electron chi connectivity index (χ2n) is 6.14. The van der Waals surface area contributed by atoms with E-state index in [0.29, 0.717) is 17.9 Å². The van der Waals surface area contributed by atoms with Crippen LogP contribution in [0.25, 0.3) is 0 Å². The molecule has 1 atom stereocenters. The third-order valence-electron chi connectivity index (χ3n) is 4.54. The zero-order chi connectivity index (χ0) is 14.7. The lowest BCUT2D eigenvalue weighted by Crippen LogP contribution is -2.41. The maximum absolute atomic E-state index is 13.2. The topological polar surface area (TPSA) is 12.0 Å². The molecule has 2 aromatic rings. The molecule has 0 bridgehead atoms. The molecule has 1 N–H and O–H groups in total. The molecule has 0 spiro atoms. The van der Waals surface area contributed by atoms with Crippen molar-refractivity contribution >= 4 is 0 Å². The first-order valence-electron chi connectivity index (χ1n) is 7.76. The number of halogens is 1. The summed E-state index contributed by atoms with van der Waals surface area (Å²) in [5, 5.41) is 3.64. The third kappa shape index (κ3) is 3.51. The Morgan fingerprint density at radius 3 is 2.57 bits per heavy atom. The second-order valence-corrected chi connectivity index (χ2v) is 6.14. The van der Waals surface area contributed by atoms with Gasteiger partial charge in [0.1, 0.15) is 5.82 Å². The normalized spacial score (nSPS) is 22.6. The molecule has 3 rings (SSSR count). The minimum Gasteiger partial charge on any atom is -0.313 e. The number of rotatable bonds is 5. The van der Waals surface area contributed by atoms with Crippen molar-refractivity contribution in [3.05, 3.63) is 71.5 Å². The van der Waals surface area contributed by atoms with Gasteiger partial charge in [-0.05, 0) is 47.9 Å². The largest absolute Gasteiger partial charge is 0.313 e. The predicted molar refractivity (Wildman–Crippen MR) is 85.0 cm³/mol. The van der Waals surface area contributed by atoms with Gasteiger partial charge in [-0.25, -0.2) is 4.39 Å². The van der Waals surface area contributed by atoms with Crippen molar-refractivity contribution < 1.29 is 4.39 Å². The fourth-order valence-electron chi connectivity index (χ4n) is 3.06. The molecule has 0 amide bonds. The van der Waals surface area contributed by atoms with E-state index in [1.165, 1.54) is 11.6 Å². The Bertz CT molecular complexity index is 575. The van der Waals surface area contributed by atoms with Crippen LogP contribution in [-0.2, 0) is 0 Å². The van der Waals surface area contributed by atoms with Gasteiger partial charge in [-0.3, -0.25) is 0 Å². The highest BCUT2D eigenvalue weighted by Crippen LogP contribution is 2.37. The van der Waals surface area contributed by atoms with E-state index in [1.54, 1.807) is 6.07 Å². The van der Waals surface area contributed by atoms with Crippen molar-refractivity contribution in [2.75, 3.05) is 6.54 Å². The number of nitrogens with one attached hydrogen (secondary N) is 1. The molecule has 1 fully saturated rings. The van der Waals surface area contributed by atoms with Crippen LogP contribution in [0.2, 0.25) is 0 Å². The van der Waals surface area contributed by atoms with Gasteiger partial charge in [0.25, 0.3) is 0 Å². The molecule has 0 heterocycles. The number of hydrogen-bond donors (Lipinski definition) is 1. The van der Waals surface area contributed by atoms with Gasteiger partial charge in [-0.15, -0.1) is 0 Å². The Morgan fingerprint density at radius 1 is 1.10 bits per heavy atom. The maximum atomic E-state index is 13.2. The van der Waals surface area contributed by atoms with Gasteiger partial charge >= 0.3 is 0 Å². The van der Waals surface area contributed by atoms with Crippen molar-refractivity contribution in [3.63, 3.8) is 0 Å². The van der Waals surface area contributed by atoms with Gasteiger partial charge in [-0.1, -0.05) is 49.4 Å². The molecule has 1 saturated carbocycles. The Morgan fingerprint density at radius 2 is 1.86 bits per heavy atom. The first-order chi connectivity index (χ1) is 10.2. The van der Waals surface area contributed by atoms with E-state index in [1.807, 2.05) is 12.1 Å². The highest BCUT2D eigenvalue weighted by atomic mass is 19.1. The summed E-state index contributed by atoms with van der Waals surface area (Å²) in [6.07, 6.45) is 2.23. The molecule has 2 aromatic carbocycles. The Labute approximate surface area is 126 Å². The molecular weight excluding hydrogens is 261 g/mol. The summed E-state index contributed by atoms with van der Waals surface area (Å²) in [5.41, 5.74) is 2.52. The van der Waals surface area contributed by atoms with Crippen LogP contribution in [0.3, 0.4) is 0 Å². The summed E-state index contributed by atoms with van der Waals surface area (Å²) < 4.78 is 13.2. The summed E-state index contributed by atoms with van der Waals surface area (Å²) in [6.45, 7) is 3.26. The fourth-order valence-corrected chi connectivity index (χ4v) is 3.06. The molecule has 0 aliphatic heterocycles. The summed E-state index contributed by atoms with van der Waals surface area (Å²) in [7, 11) is 0. The van der Waals surface area contributed by atoms with Crippen LogP contribution in [0.15, 0.2) is 54.6 Å². The molecule has 1 nitrogen and oxygen atoms in total. The second kappa shape index (κ2) is 6.40. The van der Waals surface area contributed by atoms with E-state index >= 15 is 0 Å². The average Bonchev–Trinajstić information content (AvgIpc) is 2.46. The van der Waals surface area contributed by atoms with Crippen LogP contribution >= 0.6 is 0 Å². The number of benzene rings is 2. The van der Waals surface area contributed by atoms with Gasteiger partial charge < -0.3 is 5.32 Å². The van der Waals surface area contributed by atoms with E-state index in [2.05, 4.69) is 42.6 Å². The van der Waals surface area contributed by atoms with E-state index in [9.17, 15) is 4.39 Å². The van der Waals surface area contributed by atoms with Crippen LogP contribution in [-0.4, -0.2) is 12.6 Å². The smallest absolute Gasteiger partial charge is 0.123 e.